The molecular formula is C12H28ClN3O2. The first-order chi connectivity index (χ1) is 8.06. The van der Waals surface area contributed by atoms with Gasteiger partial charge in [-0.05, 0) is 20.0 Å². The molecule has 6 heteroatoms. The number of halogens is 1. The number of likely N-dealkylation sites (N-methyl/N-ethyl adjacent to an activating group) is 1. The minimum Gasteiger partial charge on any atom is -0.383 e. The van der Waals surface area contributed by atoms with Gasteiger partial charge in [-0.15, -0.1) is 12.4 Å². The second-order valence-corrected chi connectivity index (χ2v) is 4.13. The highest BCUT2D eigenvalue weighted by atomic mass is 35.5. The molecule has 0 rings (SSSR count). The predicted octanol–water partition coefficient (Wildman–Crippen LogP) is 0.572. The lowest BCUT2D eigenvalue weighted by Gasteiger charge is -2.27. The molecule has 0 aromatic rings. The van der Waals surface area contributed by atoms with Gasteiger partial charge in [0.15, 0.2) is 0 Å². The SMILES string of the molecule is CCN(CC)CCN(CCOC)C(=O)C(C)N.Cl. The van der Waals surface area contributed by atoms with Crippen LogP contribution in [0.5, 0.6) is 0 Å². The Kier molecular flexibility index (Phi) is 13.0. The molecule has 0 aromatic carbocycles. The van der Waals surface area contributed by atoms with E-state index in [0.717, 1.165) is 19.6 Å². The molecule has 18 heavy (non-hydrogen) atoms. The van der Waals surface area contributed by atoms with Gasteiger partial charge in [-0.2, -0.15) is 0 Å². The third kappa shape index (κ3) is 7.87. The molecule has 0 aliphatic heterocycles. The summed E-state index contributed by atoms with van der Waals surface area (Å²) >= 11 is 0. The summed E-state index contributed by atoms with van der Waals surface area (Å²) in [5.74, 6) is -0.00536. The fourth-order valence-corrected chi connectivity index (χ4v) is 1.62. The number of ether oxygens (including phenoxy) is 1. The van der Waals surface area contributed by atoms with Crippen LogP contribution in [0.1, 0.15) is 20.8 Å². The van der Waals surface area contributed by atoms with Gasteiger partial charge in [0.2, 0.25) is 5.91 Å². The number of carbonyl (C=O) groups is 1. The van der Waals surface area contributed by atoms with Crippen molar-refractivity contribution in [1.82, 2.24) is 9.80 Å². The third-order valence-electron chi connectivity index (χ3n) is 2.85. The zero-order chi connectivity index (χ0) is 13.3. The number of hydrogen-bond acceptors (Lipinski definition) is 4. The first-order valence-corrected chi connectivity index (χ1v) is 6.32. The summed E-state index contributed by atoms with van der Waals surface area (Å²) in [6.07, 6.45) is 0. The lowest BCUT2D eigenvalue weighted by atomic mass is 10.3. The fourth-order valence-electron chi connectivity index (χ4n) is 1.62. The lowest BCUT2D eigenvalue weighted by Crippen LogP contribution is -2.46. The van der Waals surface area contributed by atoms with E-state index < -0.39 is 6.04 Å². The first kappa shape index (κ1) is 20.0. The largest absolute Gasteiger partial charge is 0.383 e. The van der Waals surface area contributed by atoms with Gasteiger partial charge >= 0.3 is 0 Å². The molecule has 1 amide bonds. The minimum atomic E-state index is -0.441. The van der Waals surface area contributed by atoms with Crippen molar-refractivity contribution in [2.45, 2.75) is 26.8 Å². The molecular weight excluding hydrogens is 254 g/mol. The van der Waals surface area contributed by atoms with Crippen LogP contribution < -0.4 is 5.73 Å². The second-order valence-electron chi connectivity index (χ2n) is 4.13. The molecule has 2 N–H and O–H groups in total. The Hall–Kier alpha value is -0.360. The van der Waals surface area contributed by atoms with Crippen LogP contribution in [0.15, 0.2) is 0 Å². The summed E-state index contributed by atoms with van der Waals surface area (Å²) in [6.45, 7) is 10.7. The van der Waals surface area contributed by atoms with Crippen LogP contribution in [0.25, 0.3) is 0 Å². The monoisotopic (exact) mass is 281 g/mol. The molecule has 0 aromatic heterocycles. The van der Waals surface area contributed by atoms with E-state index in [1.54, 1.807) is 18.9 Å². The number of nitrogens with two attached hydrogens (primary N) is 1. The highest BCUT2D eigenvalue weighted by molar-refractivity contribution is 5.85. The van der Waals surface area contributed by atoms with Gasteiger partial charge in [-0.3, -0.25) is 4.79 Å². The fraction of sp³-hybridized carbons (Fsp3) is 0.917. The summed E-state index contributed by atoms with van der Waals surface area (Å²) < 4.78 is 5.01. The van der Waals surface area contributed by atoms with E-state index in [0.29, 0.717) is 19.7 Å². The van der Waals surface area contributed by atoms with Crippen LogP contribution in [0.2, 0.25) is 0 Å². The van der Waals surface area contributed by atoms with Gasteiger partial charge in [0.05, 0.1) is 12.6 Å². The number of amides is 1. The van der Waals surface area contributed by atoms with Crippen molar-refractivity contribution in [2.75, 3.05) is 46.4 Å². The average molecular weight is 282 g/mol. The minimum absolute atomic E-state index is 0. The zero-order valence-electron chi connectivity index (χ0n) is 12.0. The van der Waals surface area contributed by atoms with E-state index in [2.05, 4.69) is 18.7 Å². The summed E-state index contributed by atoms with van der Waals surface area (Å²) in [5.41, 5.74) is 5.63. The molecule has 1 atom stereocenters. The van der Waals surface area contributed by atoms with Crippen LogP contribution in [0.3, 0.4) is 0 Å². The molecule has 0 heterocycles. The van der Waals surface area contributed by atoms with Crippen molar-refractivity contribution >= 4 is 18.3 Å². The first-order valence-electron chi connectivity index (χ1n) is 6.32. The summed E-state index contributed by atoms with van der Waals surface area (Å²) in [4.78, 5) is 15.9. The van der Waals surface area contributed by atoms with Gasteiger partial charge in [0, 0.05) is 26.7 Å². The number of nitrogens with zero attached hydrogens (tertiary/aromatic N) is 2. The molecule has 5 nitrogen and oxygen atoms in total. The number of hydrogen-bond donors (Lipinski definition) is 1. The van der Waals surface area contributed by atoms with Crippen LogP contribution in [-0.4, -0.2) is 68.2 Å². The van der Waals surface area contributed by atoms with Gasteiger partial charge < -0.3 is 20.3 Å². The van der Waals surface area contributed by atoms with Crippen LogP contribution in [-0.2, 0) is 9.53 Å². The molecule has 0 saturated carbocycles. The second kappa shape index (κ2) is 11.7. The van der Waals surface area contributed by atoms with Crippen LogP contribution >= 0.6 is 12.4 Å². The Morgan fingerprint density at radius 3 is 2.17 bits per heavy atom. The molecule has 0 aliphatic carbocycles. The Morgan fingerprint density at radius 2 is 1.78 bits per heavy atom. The Labute approximate surface area is 117 Å². The quantitative estimate of drug-likeness (QED) is 0.671. The maximum absolute atomic E-state index is 11.9. The van der Waals surface area contributed by atoms with Gasteiger partial charge in [0.1, 0.15) is 0 Å². The topological polar surface area (TPSA) is 58.8 Å². The molecule has 1 unspecified atom stereocenters. The number of carbonyl (C=O) groups excluding carboxylic acids is 1. The van der Waals surface area contributed by atoms with Crippen molar-refractivity contribution in [2.24, 2.45) is 5.73 Å². The van der Waals surface area contributed by atoms with E-state index in [-0.39, 0.29) is 18.3 Å². The molecule has 0 bridgehead atoms. The van der Waals surface area contributed by atoms with E-state index in [9.17, 15) is 4.79 Å². The Morgan fingerprint density at radius 1 is 1.22 bits per heavy atom. The normalized spacial score (nSPS) is 12.1. The third-order valence-corrected chi connectivity index (χ3v) is 2.85. The molecule has 0 spiro atoms. The predicted molar refractivity (Wildman–Crippen MR) is 77.1 cm³/mol. The van der Waals surface area contributed by atoms with Gasteiger partial charge in [-0.1, -0.05) is 13.8 Å². The number of methoxy groups -OCH3 is 1. The van der Waals surface area contributed by atoms with E-state index >= 15 is 0 Å². The molecule has 0 radical (unpaired) electrons. The maximum Gasteiger partial charge on any atom is 0.239 e. The molecule has 0 aliphatic rings. The van der Waals surface area contributed by atoms with Crippen molar-refractivity contribution in [3.05, 3.63) is 0 Å². The van der Waals surface area contributed by atoms with Gasteiger partial charge in [-0.25, -0.2) is 0 Å². The standard InChI is InChI=1S/C12H27N3O2.ClH/c1-5-14(6-2)7-8-15(9-10-17-4)12(16)11(3)13;/h11H,5-10,13H2,1-4H3;1H. The summed E-state index contributed by atoms with van der Waals surface area (Å²) in [5, 5.41) is 0. The van der Waals surface area contributed by atoms with E-state index in [1.807, 2.05) is 0 Å². The Bertz CT molecular complexity index is 211. The average Bonchev–Trinajstić information content (AvgIpc) is 2.33. The molecule has 0 fully saturated rings. The van der Waals surface area contributed by atoms with Crippen LogP contribution in [0, 0.1) is 0 Å². The lowest BCUT2D eigenvalue weighted by molar-refractivity contribution is -0.133. The van der Waals surface area contributed by atoms with Gasteiger partial charge in [0.25, 0.3) is 0 Å². The van der Waals surface area contributed by atoms with Crippen molar-refractivity contribution < 1.29 is 9.53 Å². The highest BCUT2D eigenvalue weighted by Crippen LogP contribution is 1.96. The zero-order valence-corrected chi connectivity index (χ0v) is 12.8. The van der Waals surface area contributed by atoms with Crippen molar-refractivity contribution in [3.63, 3.8) is 0 Å². The molecule has 110 valence electrons. The highest BCUT2D eigenvalue weighted by Gasteiger charge is 2.17. The summed E-state index contributed by atoms with van der Waals surface area (Å²) in [6, 6.07) is -0.441. The maximum atomic E-state index is 11.9. The van der Waals surface area contributed by atoms with E-state index in [4.69, 9.17) is 10.5 Å². The van der Waals surface area contributed by atoms with Crippen molar-refractivity contribution in [1.29, 1.82) is 0 Å². The van der Waals surface area contributed by atoms with E-state index in [1.165, 1.54) is 0 Å². The van der Waals surface area contributed by atoms with Crippen LogP contribution in [0.4, 0.5) is 0 Å². The Balaban J connectivity index is 0. The number of rotatable bonds is 9. The smallest absolute Gasteiger partial charge is 0.239 e. The van der Waals surface area contributed by atoms with Crippen molar-refractivity contribution in [3.8, 4) is 0 Å². The molecule has 0 saturated heterocycles. The summed E-state index contributed by atoms with van der Waals surface area (Å²) in [7, 11) is 1.64.